The molecule has 1 amide bonds. The molecule has 1 saturated heterocycles. The fourth-order valence-corrected chi connectivity index (χ4v) is 3.80. The van der Waals surface area contributed by atoms with Crippen LogP contribution in [0.1, 0.15) is 32.1 Å². The SMILES string of the molecule is Cl.O=C(Nc1ncnc2c1cnn2CCN1CCOCC1)C1CCCCC1. The van der Waals surface area contributed by atoms with E-state index in [1.807, 2.05) is 4.68 Å². The average molecular weight is 395 g/mol. The fourth-order valence-electron chi connectivity index (χ4n) is 3.80. The predicted octanol–water partition coefficient (Wildman–Crippen LogP) is 2.10. The van der Waals surface area contributed by atoms with Crippen molar-refractivity contribution in [3.8, 4) is 0 Å². The Morgan fingerprint density at radius 3 is 2.70 bits per heavy atom. The minimum Gasteiger partial charge on any atom is -0.379 e. The van der Waals surface area contributed by atoms with Crippen molar-refractivity contribution in [1.29, 1.82) is 0 Å². The van der Waals surface area contributed by atoms with Crippen LogP contribution in [0, 0.1) is 5.92 Å². The number of amides is 1. The first-order valence-electron chi connectivity index (χ1n) is 9.59. The maximum Gasteiger partial charge on any atom is 0.228 e. The Kier molecular flexibility index (Phi) is 6.98. The van der Waals surface area contributed by atoms with Gasteiger partial charge in [0.15, 0.2) is 5.65 Å². The number of anilines is 1. The van der Waals surface area contributed by atoms with E-state index in [9.17, 15) is 4.79 Å². The van der Waals surface area contributed by atoms with Gasteiger partial charge in [0.25, 0.3) is 0 Å². The molecule has 9 heteroatoms. The molecule has 2 aromatic heterocycles. The van der Waals surface area contributed by atoms with Crippen molar-refractivity contribution in [3.05, 3.63) is 12.5 Å². The number of carbonyl (C=O) groups is 1. The van der Waals surface area contributed by atoms with Gasteiger partial charge in [0, 0.05) is 25.6 Å². The fraction of sp³-hybridized carbons (Fsp3) is 0.667. The van der Waals surface area contributed by atoms with Crippen LogP contribution in [0.5, 0.6) is 0 Å². The van der Waals surface area contributed by atoms with Gasteiger partial charge >= 0.3 is 0 Å². The molecule has 1 saturated carbocycles. The average Bonchev–Trinajstić information content (AvgIpc) is 3.12. The van der Waals surface area contributed by atoms with Crippen LogP contribution in [0.25, 0.3) is 11.0 Å². The molecule has 8 nitrogen and oxygen atoms in total. The summed E-state index contributed by atoms with van der Waals surface area (Å²) in [5, 5.41) is 8.27. The van der Waals surface area contributed by atoms with Crippen molar-refractivity contribution in [3.63, 3.8) is 0 Å². The summed E-state index contributed by atoms with van der Waals surface area (Å²) in [6, 6.07) is 0. The second-order valence-corrected chi connectivity index (χ2v) is 7.11. The van der Waals surface area contributed by atoms with Crippen molar-refractivity contribution in [2.45, 2.75) is 38.6 Å². The number of hydrogen-bond acceptors (Lipinski definition) is 6. The maximum atomic E-state index is 12.5. The Morgan fingerprint density at radius 1 is 1.15 bits per heavy atom. The predicted molar refractivity (Wildman–Crippen MR) is 105 cm³/mol. The van der Waals surface area contributed by atoms with Gasteiger partial charge in [-0.2, -0.15) is 5.10 Å². The molecule has 0 unspecified atom stereocenters. The zero-order chi connectivity index (χ0) is 17.8. The molecule has 0 spiro atoms. The lowest BCUT2D eigenvalue weighted by Crippen LogP contribution is -2.38. The van der Waals surface area contributed by atoms with Gasteiger partial charge in [-0.1, -0.05) is 19.3 Å². The van der Waals surface area contributed by atoms with Crippen LogP contribution in [0.4, 0.5) is 5.82 Å². The minimum atomic E-state index is 0. The summed E-state index contributed by atoms with van der Waals surface area (Å²) < 4.78 is 7.28. The second kappa shape index (κ2) is 9.43. The number of fused-ring (bicyclic) bond motifs is 1. The maximum absolute atomic E-state index is 12.5. The molecule has 0 radical (unpaired) electrons. The van der Waals surface area contributed by atoms with Crippen molar-refractivity contribution in [2.75, 3.05) is 38.2 Å². The van der Waals surface area contributed by atoms with Crippen molar-refractivity contribution < 1.29 is 9.53 Å². The van der Waals surface area contributed by atoms with E-state index in [0.29, 0.717) is 5.82 Å². The van der Waals surface area contributed by atoms with Crippen molar-refractivity contribution in [1.82, 2.24) is 24.6 Å². The highest BCUT2D eigenvalue weighted by Crippen LogP contribution is 2.26. The summed E-state index contributed by atoms with van der Waals surface area (Å²) in [4.78, 5) is 23.6. The van der Waals surface area contributed by atoms with Crippen LogP contribution in [-0.4, -0.2) is 63.4 Å². The first kappa shape index (κ1) is 20.0. The quantitative estimate of drug-likeness (QED) is 0.835. The smallest absolute Gasteiger partial charge is 0.228 e. The molecular formula is C18H27ClN6O2. The highest BCUT2D eigenvalue weighted by Gasteiger charge is 2.22. The van der Waals surface area contributed by atoms with Crippen LogP contribution in [0.2, 0.25) is 0 Å². The van der Waals surface area contributed by atoms with Gasteiger partial charge in [-0.3, -0.25) is 9.69 Å². The van der Waals surface area contributed by atoms with Crippen LogP contribution in [-0.2, 0) is 16.1 Å². The molecule has 1 aliphatic heterocycles. The highest BCUT2D eigenvalue weighted by atomic mass is 35.5. The van der Waals surface area contributed by atoms with E-state index < -0.39 is 0 Å². The standard InChI is InChI=1S/C18H26N6O2.ClH/c25-18(14-4-2-1-3-5-14)22-16-15-12-21-24(17(15)20-13-19-16)7-6-23-8-10-26-11-9-23;/h12-14H,1-11H2,(H,19,20,22,25);1H. The number of nitrogens with zero attached hydrogens (tertiary/aromatic N) is 5. The third-order valence-corrected chi connectivity index (χ3v) is 5.38. The Balaban J connectivity index is 0.00000210. The van der Waals surface area contributed by atoms with Gasteiger partial charge < -0.3 is 10.1 Å². The van der Waals surface area contributed by atoms with E-state index in [-0.39, 0.29) is 24.2 Å². The molecule has 27 heavy (non-hydrogen) atoms. The summed E-state index contributed by atoms with van der Waals surface area (Å²) >= 11 is 0. The second-order valence-electron chi connectivity index (χ2n) is 7.11. The number of halogens is 1. The lowest BCUT2D eigenvalue weighted by Gasteiger charge is -2.26. The molecule has 148 valence electrons. The largest absolute Gasteiger partial charge is 0.379 e. The number of morpholine rings is 1. The topological polar surface area (TPSA) is 85.2 Å². The van der Waals surface area contributed by atoms with E-state index in [1.54, 1.807) is 6.20 Å². The number of rotatable bonds is 5. The van der Waals surface area contributed by atoms with Crippen LogP contribution >= 0.6 is 12.4 Å². The molecule has 4 rings (SSSR count). The van der Waals surface area contributed by atoms with Gasteiger partial charge in [0.05, 0.1) is 31.3 Å². The van der Waals surface area contributed by atoms with E-state index in [0.717, 1.165) is 76.1 Å². The van der Waals surface area contributed by atoms with Gasteiger partial charge in [-0.05, 0) is 12.8 Å². The first-order chi connectivity index (χ1) is 12.8. The van der Waals surface area contributed by atoms with E-state index in [4.69, 9.17) is 4.74 Å². The van der Waals surface area contributed by atoms with Crippen LogP contribution in [0.3, 0.4) is 0 Å². The normalized spacial score (nSPS) is 19.0. The first-order valence-corrected chi connectivity index (χ1v) is 9.59. The Morgan fingerprint density at radius 2 is 1.93 bits per heavy atom. The number of aromatic nitrogens is 4. The molecule has 0 atom stereocenters. The molecule has 0 bridgehead atoms. The lowest BCUT2D eigenvalue weighted by molar-refractivity contribution is -0.120. The highest BCUT2D eigenvalue weighted by molar-refractivity contribution is 5.99. The van der Waals surface area contributed by atoms with Gasteiger partial charge in [0.1, 0.15) is 12.1 Å². The molecule has 0 aromatic carbocycles. The summed E-state index contributed by atoms with van der Waals surface area (Å²) in [6.07, 6.45) is 8.71. The molecule has 2 fully saturated rings. The molecular weight excluding hydrogens is 368 g/mol. The number of ether oxygens (including phenoxy) is 1. The molecule has 3 heterocycles. The molecule has 2 aromatic rings. The van der Waals surface area contributed by atoms with Gasteiger partial charge in [-0.15, -0.1) is 12.4 Å². The number of nitrogens with one attached hydrogen (secondary N) is 1. The number of hydrogen-bond donors (Lipinski definition) is 1. The van der Waals surface area contributed by atoms with Crippen LogP contribution in [0.15, 0.2) is 12.5 Å². The Labute approximate surface area is 165 Å². The summed E-state index contributed by atoms with van der Waals surface area (Å²) in [5.41, 5.74) is 0.771. The minimum absolute atomic E-state index is 0. The summed E-state index contributed by atoms with van der Waals surface area (Å²) in [6.45, 7) is 5.16. The third-order valence-electron chi connectivity index (χ3n) is 5.38. The van der Waals surface area contributed by atoms with Crippen molar-refractivity contribution >= 4 is 35.2 Å². The lowest BCUT2D eigenvalue weighted by atomic mass is 9.89. The third kappa shape index (κ3) is 4.75. The zero-order valence-corrected chi connectivity index (χ0v) is 16.3. The Bertz CT molecular complexity index is 755. The summed E-state index contributed by atoms with van der Waals surface area (Å²) in [5.74, 6) is 0.749. The summed E-state index contributed by atoms with van der Waals surface area (Å²) in [7, 11) is 0. The zero-order valence-electron chi connectivity index (χ0n) is 15.5. The Hall–Kier alpha value is -1.77. The molecule has 2 aliphatic rings. The monoisotopic (exact) mass is 394 g/mol. The van der Waals surface area contributed by atoms with E-state index in [2.05, 4.69) is 25.3 Å². The van der Waals surface area contributed by atoms with Crippen LogP contribution < -0.4 is 5.32 Å². The molecule has 1 N–H and O–H groups in total. The van der Waals surface area contributed by atoms with E-state index >= 15 is 0 Å². The molecule has 1 aliphatic carbocycles. The van der Waals surface area contributed by atoms with Gasteiger partial charge in [0.2, 0.25) is 5.91 Å². The van der Waals surface area contributed by atoms with Crippen molar-refractivity contribution in [2.24, 2.45) is 5.92 Å². The van der Waals surface area contributed by atoms with Gasteiger partial charge in [-0.25, -0.2) is 14.6 Å². The number of carbonyl (C=O) groups excluding carboxylic acids is 1. The van der Waals surface area contributed by atoms with E-state index in [1.165, 1.54) is 12.7 Å².